The van der Waals surface area contributed by atoms with Gasteiger partial charge in [-0.05, 0) is 44.2 Å². The number of piperidine rings is 1. The molecular formula is C22H35N3O3. The largest absolute Gasteiger partial charge is 0.466 e. The molecular weight excluding hydrogens is 354 g/mol. The van der Waals surface area contributed by atoms with E-state index in [1.54, 1.807) is 0 Å². The second kappa shape index (κ2) is 12.4. The van der Waals surface area contributed by atoms with E-state index in [1.807, 2.05) is 19.1 Å². The van der Waals surface area contributed by atoms with Crippen molar-refractivity contribution in [1.82, 2.24) is 10.2 Å². The number of guanidine groups is 1. The second-order valence-electron chi connectivity index (χ2n) is 7.00. The lowest BCUT2D eigenvalue weighted by atomic mass is 9.97. The van der Waals surface area contributed by atoms with E-state index < -0.39 is 0 Å². The molecule has 28 heavy (non-hydrogen) atoms. The Hall–Kier alpha value is -2.08. The summed E-state index contributed by atoms with van der Waals surface area (Å²) in [6.07, 6.45) is 2.64. The molecule has 1 aromatic carbocycles. The predicted octanol–water partition coefficient (Wildman–Crippen LogP) is 3.35. The fourth-order valence-corrected chi connectivity index (χ4v) is 3.35. The molecule has 0 aromatic heterocycles. The fraction of sp³-hybridized carbons (Fsp3) is 0.636. The van der Waals surface area contributed by atoms with Crippen molar-refractivity contribution in [2.75, 3.05) is 32.8 Å². The quantitative estimate of drug-likeness (QED) is 0.304. The molecule has 0 saturated carbocycles. The highest BCUT2D eigenvalue weighted by Crippen LogP contribution is 2.19. The summed E-state index contributed by atoms with van der Waals surface area (Å²) in [6.45, 7) is 11.0. The number of rotatable bonds is 9. The molecule has 0 unspecified atom stereocenters. The van der Waals surface area contributed by atoms with E-state index in [0.717, 1.165) is 51.5 Å². The molecule has 1 heterocycles. The van der Waals surface area contributed by atoms with Crippen molar-refractivity contribution in [1.29, 1.82) is 0 Å². The van der Waals surface area contributed by atoms with Crippen molar-refractivity contribution in [2.24, 2.45) is 10.9 Å². The molecule has 1 fully saturated rings. The number of carbonyl (C=O) groups is 1. The van der Waals surface area contributed by atoms with Gasteiger partial charge < -0.3 is 19.7 Å². The first-order chi connectivity index (χ1) is 13.7. The fourth-order valence-electron chi connectivity index (χ4n) is 3.35. The van der Waals surface area contributed by atoms with Crippen LogP contribution in [0.1, 0.15) is 51.2 Å². The van der Waals surface area contributed by atoms with Crippen LogP contribution < -0.4 is 5.32 Å². The summed E-state index contributed by atoms with van der Waals surface area (Å²) in [5.41, 5.74) is 2.38. The number of benzene rings is 1. The summed E-state index contributed by atoms with van der Waals surface area (Å²) in [6, 6.07) is 8.32. The van der Waals surface area contributed by atoms with Crippen molar-refractivity contribution < 1.29 is 14.3 Å². The van der Waals surface area contributed by atoms with Crippen LogP contribution in [0.5, 0.6) is 0 Å². The zero-order valence-electron chi connectivity index (χ0n) is 17.6. The molecule has 0 amide bonds. The van der Waals surface area contributed by atoms with Crippen molar-refractivity contribution in [3.63, 3.8) is 0 Å². The van der Waals surface area contributed by atoms with Crippen LogP contribution in [0.15, 0.2) is 29.3 Å². The van der Waals surface area contributed by atoms with Crippen molar-refractivity contribution >= 4 is 11.9 Å². The van der Waals surface area contributed by atoms with E-state index in [-0.39, 0.29) is 11.9 Å². The van der Waals surface area contributed by atoms with Gasteiger partial charge in [0.1, 0.15) is 0 Å². The molecule has 0 radical (unpaired) electrons. The smallest absolute Gasteiger partial charge is 0.309 e. The van der Waals surface area contributed by atoms with Crippen molar-refractivity contribution in [3.05, 3.63) is 35.4 Å². The van der Waals surface area contributed by atoms with E-state index in [4.69, 9.17) is 14.5 Å². The van der Waals surface area contributed by atoms with Gasteiger partial charge in [0.15, 0.2) is 5.96 Å². The lowest BCUT2D eigenvalue weighted by Crippen LogP contribution is -2.46. The Morgan fingerprint density at radius 1 is 1.18 bits per heavy atom. The first kappa shape index (κ1) is 22.2. The molecule has 6 nitrogen and oxygen atoms in total. The van der Waals surface area contributed by atoms with Gasteiger partial charge in [-0.1, -0.05) is 31.2 Å². The van der Waals surface area contributed by atoms with E-state index in [0.29, 0.717) is 19.8 Å². The Morgan fingerprint density at radius 3 is 2.54 bits per heavy atom. The molecule has 1 aliphatic rings. The van der Waals surface area contributed by atoms with Crippen molar-refractivity contribution in [2.45, 2.75) is 53.2 Å². The van der Waals surface area contributed by atoms with Gasteiger partial charge in [-0.15, -0.1) is 0 Å². The van der Waals surface area contributed by atoms with Crippen LogP contribution in [0.2, 0.25) is 0 Å². The summed E-state index contributed by atoms with van der Waals surface area (Å²) < 4.78 is 10.9. The third-order valence-corrected chi connectivity index (χ3v) is 4.87. The maximum atomic E-state index is 12.0. The predicted molar refractivity (Wildman–Crippen MR) is 112 cm³/mol. The van der Waals surface area contributed by atoms with Gasteiger partial charge in [-0.2, -0.15) is 0 Å². The minimum atomic E-state index is -0.0647. The molecule has 6 heteroatoms. The summed E-state index contributed by atoms with van der Waals surface area (Å²) in [7, 11) is 0. The van der Waals surface area contributed by atoms with E-state index in [1.165, 1.54) is 11.1 Å². The van der Waals surface area contributed by atoms with Crippen LogP contribution in [0.25, 0.3) is 0 Å². The van der Waals surface area contributed by atoms with Gasteiger partial charge in [-0.3, -0.25) is 4.79 Å². The van der Waals surface area contributed by atoms with Gasteiger partial charge in [0, 0.05) is 26.2 Å². The van der Waals surface area contributed by atoms with Crippen LogP contribution in [0, 0.1) is 5.92 Å². The highest BCUT2D eigenvalue weighted by molar-refractivity contribution is 5.80. The number of nitrogens with one attached hydrogen (secondary N) is 1. The molecule has 0 atom stereocenters. The van der Waals surface area contributed by atoms with E-state index in [9.17, 15) is 4.79 Å². The number of esters is 1. The third-order valence-electron chi connectivity index (χ3n) is 4.87. The maximum Gasteiger partial charge on any atom is 0.309 e. The first-order valence-corrected chi connectivity index (χ1v) is 10.5. The Bertz CT molecular complexity index is 625. The average Bonchev–Trinajstić information content (AvgIpc) is 2.72. The van der Waals surface area contributed by atoms with E-state index in [2.05, 4.69) is 36.2 Å². The van der Waals surface area contributed by atoms with Crippen LogP contribution >= 0.6 is 0 Å². The summed E-state index contributed by atoms with van der Waals surface area (Å²) in [5.74, 6) is 0.856. The highest BCUT2D eigenvalue weighted by atomic mass is 16.5. The lowest BCUT2D eigenvalue weighted by molar-refractivity contribution is -0.149. The molecule has 1 N–H and O–H groups in total. The second-order valence-corrected chi connectivity index (χ2v) is 7.00. The monoisotopic (exact) mass is 389 g/mol. The Kier molecular flexibility index (Phi) is 9.83. The minimum absolute atomic E-state index is 0.00974. The molecule has 0 bridgehead atoms. The first-order valence-electron chi connectivity index (χ1n) is 10.5. The summed E-state index contributed by atoms with van der Waals surface area (Å²) in [5, 5.41) is 3.39. The van der Waals surface area contributed by atoms with Crippen LogP contribution in [-0.2, 0) is 27.4 Å². The topological polar surface area (TPSA) is 63.2 Å². The number of hydrogen-bond acceptors (Lipinski definition) is 4. The molecule has 156 valence electrons. The number of hydrogen-bond donors (Lipinski definition) is 1. The number of ether oxygens (including phenoxy) is 2. The van der Waals surface area contributed by atoms with Gasteiger partial charge in [0.05, 0.1) is 25.7 Å². The van der Waals surface area contributed by atoms with Crippen LogP contribution in [-0.4, -0.2) is 49.7 Å². The van der Waals surface area contributed by atoms with Gasteiger partial charge in [0.2, 0.25) is 0 Å². The van der Waals surface area contributed by atoms with Gasteiger partial charge in [0.25, 0.3) is 0 Å². The van der Waals surface area contributed by atoms with Gasteiger partial charge >= 0.3 is 5.97 Å². The van der Waals surface area contributed by atoms with Crippen LogP contribution in [0.3, 0.4) is 0 Å². The minimum Gasteiger partial charge on any atom is -0.466 e. The number of aliphatic imine (C=N–C) groups is 1. The highest BCUT2D eigenvalue weighted by Gasteiger charge is 2.27. The van der Waals surface area contributed by atoms with E-state index >= 15 is 0 Å². The van der Waals surface area contributed by atoms with Crippen LogP contribution in [0.4, 0.5) is 0 Å². The molecule has 2 rings (SSSR count). The molecule has 0 spiro atoms. The zero-order chi connectivity index (χ0) is 20.2. The standard InChI is InChI=1S/C22H35N3O3/c1-4-15-27-17-20-10-8-7-9-19(20)16-24-22(23-5-2)25-13-11-18(12-14-25)21(26)28-6-3/h7-10,18H,4-6,11-17H2,1-3H3,(H,23,24). The van der Waals surface area contributed by atoms with Gasteiger partial charge in [-0.25, -0.2) is 4.99 Å². The third kappa shape index (κ3) is 6.82. The molecule has 1 saturated heterocycles. The molecule has 1 aliphatic heterocycles. The molecule has 0 aliphatic carbocycles. The lowest BCUT2D eigenvalue weighted by Gasteiger charge is -2.33. The maximum absolute atomic E-state index is 12.0. The normalized spacial score (nSPS) is 15.5. The van der Waals surface area contributed by atoms with Crippen molar-refractivity contribution in [3.8, 4) is 0 Å². The Morgan fingerprint density at radius 2 is 1.89 bits per heavy atom. The zero-order valence-corrected chi connectivity index (χ0v) is 17.6. The SMILES string of the molecule is CCCOCc1ccccc1CN=C(NCC)N1CCC(C(=O)OCC)CC1. The Balaban J connectivity index is 1.99. The number of likely N-dealkylation sites (tertiary alicyclic amines) is 1. The summed E-state index contributed by atoms with van der Waals surface area (Å²) >= 11 is 0. The molecule has 1 aromatic rings. The number of nitrogens with zero attached hydrogens (tertiary/aromatic N) is 2. The average molecular weight is 390 g/mol. The summed E-state index contributed by atoms with van der Waals surface area (Å²) in [4.78, 5) is 19.1. The number of carbonyl (C=O) groups excluding carboxylic acids is 1. The Labute approximate surface area is 169 Å².